The van der Waals surface area contributed by atoms with E-state index in [-0.39, 0.29) is 12.1 Å². The molecule has 1 fully saturated rings. The van der Waals surface area contributed by atoms with Crippen molar-refractivity contribution in [1.29, 1.82) is 0 Å². The lowest BCUT2D eigenvalue weighted by molar-refractivity contribution is 0.119. The van der Waals surface area contributed by atoms with Crippen molar-refractivity contribution in [3.8, 4) is 0 Å². The predicted molar refractivity (Wildman–Crippen MR) is 75.9 cm³/mol. The van der Waals surface area contributed by atoms with Crippen LogP contribution in [0.25, 0.3) is 0 Å². The van der Waals surface area contributed by atoms with Crippen LogP contribution >= 0.6 is 11.6 Å². The second-order valence-corrected chi connectivity index (χ2v) is 5.69. The first kappa shape index (κ1) is 13.9. The molecule has 1 aliphatic rings. The van der Waals surface area contributed by atoms with E-state index in [4.69, 9.17) is 11.6 Å². The van der Waals surface area contributed by atoms with Gasteiger partial charge in [0.25, 0.3) is 0 Å². The van der Waals surface area contributed by atoms with Gasteiger partial charge in [-0.05, 0) is 37.0 Å². The molecule has 1 saturated carbocycles. The number of hydrogen-bond donors (Lipinski definition) is 2. The molecule has 0 amide bonds. The topological polar surface area (TPSA) is 32.3 Å². The standard InChI is InChI=1S/C15H22ClNO/c1-11-7-8-12(13(16)9-11)10-17-14-5-3-2-4-6-15(14)18/h7-9,14-15,17-18H,2-6,10H2,1H3. The summed E-state index contributed by atoms with van der Waals surface area (Å²) < 4.78 is 0. The minimum atomic E-state index is -0.211. The molecule has 0 radical (unpaired) electrons. The molecular formula is C15H22ClNO. The Balaban J connectivity index is 1.93. The zero-order valence-corrected chi connectivity index (χ0v) is 11.7. The number of hydrogen-bond acceptors (Lipinski definition) is 2. The molecule has 18 heavy (non-hydrogen) atoms. The average molecular weight is 268 g/mol. The van der Waals surface area contributed by atoms with Crippen LogP contribution in [0, 0.1) is 6.92 Å². The molecular weight excluding hydrogens is 246 g/mol. The fraction of sp³-hybridized carbons (Fsp3) is 0.600. The van der Waals surface area contributed by atoms with Crippen LogP contribution in [0.5, 0.6) is 0 Å². The Morgan fingerprint density at radius 2 is 2.06 bits per heavy atom. The highest BCUT2D eigenvalue weighted by Gasteiger charge is 2.20. The Morgan fingerprint density at radius 3 is 2.83 bits per heavy atom. The Labute approximate surface area is 114 Å². The predicted octanol–water partition coefficient (Wildman–Crippen LogP) is 3.43. The third kappa shape index (κ3) is 3.71. The van der Waals surface area contributed by atoms with Crippen LogP contribution in [-0.4, -0.2) is 17.3 Å². The smallest absolute Gasteiger partial charge is 0.0693 e. The van der Waals surface area contributed by atoms with Gasteiger partial charge in [0.1, 0.15) is 0 Å². The lowest BCUT2D eigenvalue weighted by Crippen LogP contribution is -2.38. The highest BCUT2D eigenvalue weighted by atomic mass is 35.5. The lowest BCUT2D eigenvalue weighted by Gasteiger charge is -2.22. The molecule has 100 valence electrons. The monoisotopic (exact) mass is 267 g/mol. The third-order valence-electron chi connectivity index (χ3n) is 3.74. The van der Waals surface area contributed by atoms with Crippen LogP contribution in [0.2, 0.25) is 5.02 Å². The van der Waals surface area contributed by atoms with Gasteiger partial charge in [0.05, 0.1) is 6.10 Å². The quantitative estimate of drug-likeness (QED) is 0.823. The number of nitrogens with one attached hydrogen (secondary N) is 1. The molecule has 2 unspecified atom stereocenters. The van der Waals surface area contributed by atoms with Crippen molar-refractivity contribution in [1.82, 2.24) is 5.32 Å². The first-order chi connectivity index (χ1) is 8.66. The number of aliphatic hydroxyl groups is 1. The van der Waals surface area contributed by atoms with Crippen LogP contribution in [0.3, 0.4) is 0 Å². The molecule has 0 saturated heterocycles. The van der Waals surface area contributed by atoms with Crippen molar-refractivity contribution in [2.24, 2.45) is 0 Å². The summed E-state index contributed by atoms with van der Waals surface area (Å²) in [6, 6.07) is 6.34. The summed E-state index contributed by atoms with van der Waals surface area (Å²) in [6.07, 6.45) is 5.35. The second kappa shape index (κ2) is 6.55. The van der Waals surface area contributed by atoms with Gasteiger partial charge in [0, 0.05) is 17.6 Å². The molecule has 0 bridgehead atoms. The lowest BCUT2D eigenvalue weighted by atomic mass is 10.1. The highest BCUT2D eigenvalue weighted by Crippen LogP contribution is 2.21. The maximum Gasteiger partial charge on any atom is 0.0693 e. The molecule has 0 heterocycles. The van der Waals surface area contributed by atoms with Crippen LogP contribution in [0.15, 0.2) is 18.2 Å². The Hall–Kier alpha value is -0.570. The Kier molecular flexibility index (Phi) is 5.04. The molecule has 3 heteroatoms. The first-order valence-corrected chi connectivity index (χ1v) is 7.21. The molecule has 0 spiro atoms. The molecule has 0 aliphatic heterocycles. The van der Waals surface area contributed by atoms with Crippen LogP contribution in [0.4, 0.5) is 0 Å². The summed E-state index contributed by atoms with van der Waals surface area (Å²) in [7, 11) is 0. The van der Waals surface area contributed by atoms with Gasteiger partial charge < -0.3 is 10.4 Å². The number of halogens is 1. The summed E-state index contributed by atoms with van der Waals surface area (Å²) in [4.78, 5) is 0. The average Bonchev–Trinajstić information content (AvgIpc) is 2.53. The van der Waals surface area contributed by atoms with E-state index in [1.54, 1.807) is 0 Å². The molecule has 2 N–H and O–H groups in total. The molecule has 2 rings (SSSR count). The van der Waals surface area contributed by atoms with Gasteiger partial charge in [-0.1, -0.05) is 43.0 Å². The van der Waals surface area contributed by atoms with Crippen molar-refractivity contribution < 1.29 is 5.11 Å². The Morgan fingerprint density at radius 1 is 1.28 bits per heavy atom. The maximum atomic E-state index is 10.0. The normalized spacial score (nSPS) is 24.8. The van der Waals surface area contributed by atoms with Crippen LogP contribution in [-0.2, 0) is 6.54 Å². The summed E-state index contributed by atoms with van der Waals surface area (Å²) in [5.74, 6) is 0. The number of benzene rings is 1. The van der Waals surface area contributed by atoms with Crippen molar-refractivity contribution >= 4 is 11.6 Å². The largest absolute Gasteiger partial charge is 0.392 e. The molecule has 1 aromatic carbocycles. The van der Waals surface area contributed by atoms with Gasteiger partial charge in [-0.2, -0.15) is 0 Å². The number of rotatable bonds is 3. The van der Waals surface area contributed by atoms with Gasteiger partial charge in [-0.15, -0.1) is 0 Å². The molecule has 2 nitrogen and oxygen atoms in total. The van der Waals surface area contributed by atoms with E-state index >= 15 is 0 Å². The van der Waals surface area contributed by atoms with E-state index in [0.29, 0.717) is 0 Å². The minimum absolute atomic E-state index is 0.211. The SMILES string of the molecule is Cc1ccc(CNC2CCCCCC2O)c(Cl)c1. The molecule has 1 aromatic rings. The highest BCUT2D eigenvalue weighted by molar-refractivity contribution is 6.31. The zero-order chi connectivity index (χ0) is 13.0. The zero-order valence-electron chi connectivity index (χ0n) is 11.0. The van der Waals surface area contributed by atoms with E-state index in [9.17, 15) is 5.11 Å². The maximum absolute atomic E-state index is 10.0. The molecule has 0 aromatic heterocycles. The van der Waals surface area contributed by atoms with E-state index in [0.717, 1.165) is 36.4 Å². The van der Waals surface area contributed by atoms with E-state index in [1.807, 2.05) is 13.0 Å². The van der Waals surface area contributed by atoms with Crippen molar-refractivity contribution in [3.63, 3.8) is 0 Å². The third-order valence-corrected chi connectivity index (χ3v) is 4.09. The van der Waals surface area contributed by atoms with Crippen LogP contribution in [0.1, 0.15) is 43.2 Å². The van der Waals surface area contributed by atoms with Gasteiger partial charge in [0.2, 0.25) is 0 Å². The van der Waals surface area contributed by atoms with Gasteiger partial charge in [-0.3, -0.25) is 0 Å². The van der Waals surface area contributed by atoms with E-state index in [2.05, 4.69) is 17.4 Å². The van der Waals surface area contributed by atoms with Crippen molar-refractivity contribution in [2.45, 2.75) is 57.7 Å². The fourth-order valence-corrected chi connectivity index (χ4v) is 2.86. The minimum Gasteiger partial charge on any atom is -0.392 e. The first-order valence-electron chi connectivity index (χ1n) is 6.83. The Bertz CT molecular complexity index is 394. The van der Waals surface area contributed by atoms with Gasteiger partial charge in [-0.25, -0.2) is 0 Å². The van der Waals surface area contributed by atoms with Crippen molar-refractivity contribution in [3.05, 3.63) is 34.3 Å². The summed E-state index contributed by atoms with van der Waals surface area (Å²) >= 11 is 6.21. The second-order valence-electron chi connectivity index (χ2n) is 5.29. The number of aryl methyl sites for hydroxylation is 1. The number of aliphatic hydroxyl groups excluding tert-OH is 1. The van der Waals surface area contributed by atoms with Gasteiger partial charge >= 0.3 is 0 Å². The summed E-state index contributed by atoms with van der Waals surface area (Å²) in [6.45, 7) is 2.78. The van der Waals surface area contributed by atoms with Crippen LogP contribution < -0.4 is 5.32 Å². The molecule has 1 aliphatic carbocycles. The van der Waals surface area contributed by atoms with E-state index < -0.39 is 0 Å². The molecule has 2 atom stereocenters. The van der Waals surface area contributed by atoms with E-state index in [1.165, 1.54) is 18.4 Å². The summed E-state index contributed by atoms with van der Waals surface area (Å²) in [5.41, 5.74) is 2.29. The fourth-order valence-electron chi connectivity index (χ4n) is 2.56. The van der Waals surface area contributed by atoms with Gasteiger partial charge in [0.15, 0.2) is 0 Å². The summed E-state index contributed by atoms with van der Waals surface area (Å²) in [5, 5.41) is 14.3. The van der Waals surface area contributed by atoms with Crippen molar-refractivity contribution in [2.75, 3.05) is 0 Å².